The van der Waals surface area contributed by atoms with E-state index in [4.69, 9.17) is 0 Å². The van der Waals surface area contributed by atoms with E-state index in [2.05, 4.69) is 4.72 Å². The summed E-state index contributed by atoms with van der Waals surface area (Å²) >= 11 is 0. The molecule has 0 bridgehead atoms. The lowest BCUT2D eigenvalue weighted by Crippen LogP contribution is -2.48. The molecule has 0 heterocycles. The van der Waals surface area contributed by atoms with Gasteiger partial charge in [0.15, 0.2) is 0 Å². The van der Waals surface area contributed by atoms with Crippen molar-refractivity contribution in [2.45, 2.75) is 64.0 Å². The van der Waals surface area contributed by atoms with Gasteiger partial charge in [-0.25, -0.2) is 13.1 Å². The predicted molar refractivity (Wildman–Crippen MR) is 64.7 cm³/mol. The first kappa shape index (κ1) is 13.9. The van der Waals surface area contributed by atoms with E-state index in [9.17, 15) is 13.5 Å². The minimum atomic E-state index is -3.40. The van der Waals surface area contributed by atoms with Gasteiger partial charge in [0, 0.05) is 5.54 Å². The highest BCUT2D eigenvalue weighted by atomic mass is 32.2. The third-order valence-corrected chi connectivity index (χ3v) is 4.55. The molecule has 0 radical (unpaired) electrons. The van der Waals surface area contributed by atoms with Crippen LogP contribution < -0.4 is 4.72 Å². The lowest BCUT2D eigenvalue weighted by Gasteiger charge is -2.32. The lowest BCUT2D eigenvalue weighted by molar-refractivity contribution is 0.0254. The highest BCUT2D eigenvalue weighted by Crippen LogP contribution is 2.29. The van der Waals surface area contributed by atoms with E-state index >= 15 is 0 Å². The smallest absolute Gasteiger partial charge is 0.214 e. The number of nitrogens with one attached hydrogen (secondary N) is 1. The van der Waals surface area contributed by atoms with Gasteiger partial charge in [0.05, 0.1) is 11.4 Å². The van der Waals surface area contributed by atoms with Gasteiger partial charge in [0.1, 0.15) is 0 Å². The van der Waals surface area contributed by atoms with Gasteiger partial charge in [-0.15, -0.1) is 0 Å². The Labute approximate surface area is 98.5 Å². The maximum atomic E-state index is 11.8. The van der Waals surface area contributed by atoms with E-state index in [1.54, 1.807) is 20.8 Å². The van der Waals surface area contributed by atoms with Crippen molar-refractivity contribution in [1.29, 1.82) is 0 Å². The molecule has 1 rings (SSSR count). The van der Waals surface area contributed by atoms with Crippen LogP contribution in [0.2, 0.25) is 0 Å². The normalized spacial score (nSPS) is 22.0. The van der Waals surface area contributed by atoms with Crippen LogP contribution in [0.1, 0.15) is 52.9 Å². The van der Waals surface area contributed by atoms with Gasteiger partial charge in [-0.2, -0.15) is 0 Å². The number of aliphatic hydroxyl groups is 1. The Kier molecular flexibility index (Phi) is 4.03. The quantitative estimate of drug-likeness (QED) is 0.794. The average molecular weight is 249 g/mol. The van der Waals surface area contributed by atoms with Crippen LogP contribution in [-0.2, 0) is 10.0 Å². The third kappa shape index (κ3) is 4.80. The van der Waals surface area contributed by atoms with E-state index in [1.165, 1.54) is 0 Å². The second kappa shape index (κ2) is 4.63. The molecule has 0 aromatic heterocycles. The van der Waals surface area contributed by atoms with Gasteiger partial charge in [-0.3, -0.25) is 0 Å². The molecule has 1 saturated carbocycles. The van der Waals surface area contributed by atoms with Crippen LogP contribution in [0.15, 0.2) is 0 Å². The Morgan fingerprint density at radius 1 is 1.19 bits per heavy atom. The van der Waals surface area contributed by atoms with Crippen LogP contribution >= 0.6 is 0 Å². The average Bonchev–Trinajstić information content (AvgIpc) is 1.97. The fourth-order valence-corrected chi connectivity index (χ4v) is 4.21. The van der Waals surface area contributed by atoms with E-state index < -0.39 is 21.2 Å². The molecule has 4 nitrogen and oxygen atoms in total. The zero-order chi connectivity index (χ0) is 12.4. The summed E-state index contributed by atoms with van der Waals surface area (Å²) in [6.07, 6.45) is 4.12. The van der Waals surface area contributed by atoms with Crippen LogP contribution in [-0.4, -0.2) is 30.4 Å². The summed E-state index contributed by atoms with van der Waals surface area (Å²) in [5.74, 6) is -0.169. The van der Waals surface area contributed by atoms with Gasteiger partial charge < -0.3 is 5.11 Å². The summed E-state index contributed by atoms with van der Waals surface area (Å²) in [4.78, 5) is 0. The summed E-state index contributed by atoms with van der Waals surface area (Å²) in [6.45, 7) is 5.40. The first-order chi connectivity index (χ1) is 7.12. The first-order valence-corrected chi connectivity index (χ1v) is 7.51. The van der Waals surface area contributed by atoms with Gasteiger partial charge in [-0.05, 0) is 33.6 Å². The van der Waals surface area contributed by atoms with Crippen LogP contribution in [0.5, 0.6) is 0 Å². The summed E-state index contributed by atoms with van der Waals surface area (Å²) < 4.78 is 26.3. The highest BCUT2D eigenvalue weighted by Gasteiger charge is 2.35. The maximum Gasteiger partial charge on any atom is 0.214 e. The van der Waals surface area contributed by atoms with Crippen molar-refractivity contribution in [2.75, 3.05) is 5.75 Å². The van der Waals surface area contributed by atoms with Crippen LogP contribution in [0.3, 0.4) is 0 Å². The summed E-state index contributed by atoms with van der Waals surface area (Å²) in [5.41, 5.74) is -1.50. The van der Waals surface area contributed by atoms with Gasteiger partial charge in [-0.1, -0.05) is 19.3 Å². The molecule has 0 amide bonds. The molecule has 0 unspecified atom stereocenters. The molecule has 0 atom stereocenters. The van der Waals surface area contributed by atoms with E-state index in [0.717, 1.165) is 19.3 Å². The van der Waals surface area contributed by atoms with Gasteiger partial charge in [0.2, 0.25) is 10.0 Å². The van der Waals surface area contributed by atoms with E-state index in [0.29, 0.717) is 12.8 Å². The standard InChI is InChI=1S/C11H23NO3S/c1-10(2,3)12-16(14,15)9-11(13)7-5-4-6-8-11/h12-13H,4-9H2,1-3H3. The van der Waals surface area contributed by atoms with Crippen molar-refractivity contribution in [1.82, 2.24) is 4.72 Å². The molecule has 0 aromatic rings. The molecule has 0 aromatic carbocycles. The Morgan fingerprint density at radius 2 is 1.69 bits per heavy atom. The fourth-order valence-electron chi connectivity index (χ4n) is 2.21. The number of rotatable bonds is 3. The Hall–Kier alpha value is -0.130. The maximum absolute atomic E-state index is 11.8. The minimum Gasteiger partial charge on any atom is -0.389 e. The van der Waals surface area contributed by atoms with E-state index in [-0.39, 0.29) is 5.75 Å². The molecular weight excluding hydrogens is 226 g/mol. The lowest BCUT2D eigenvalue weighted by atomic mass is 9.86. The fraction of sp³-hybridized carbons (Fsp3) is 1.00. The molecule has 0 aliphatic heterocycles. The van der Waals surface area contributed by atoms with Crippen molar-refractivity contribution in [2.24, 2.45) is 0 Å². The van der Waals surface area contributed by atoms with Crippen molar-refractivity contribution in [3.05, 3.63) is 0 Å². The molecule has 0 spiro atoms. The topological polar surface area (TPSA) is 66.4 Å². The predicted octanol–water partition coefficient (Wildman–Crippen LogP) is 1.40. The Balaban J connectivity index is 2.64. The Morgan fingerprint density at radius 3 is 2.12 bits per heavy atom. The SMILES string of the molecule is CC(C)(C)NS(=O)(=O)CC1(O)CCCCC1. The summed E-state index contributed by atoms with van der Waals surface area (Å²) in [7, 11) is -3.40. The third-order valence-electron chi connectivity index (χ3n) is 2.70. The number of sulfonamides is 1. The highest BCUT2D eigenvalue weighted by molar-refractivity contribution is 7.89. The molecule has 1 aliphatic carbocycles. The first-order valence-electron chi connectivity index (χ1n) is 5.86. The number of hydrogen-bond donors (Lipinski definition) is 2. The monoisotopic (exact) mass is 249 g/mol. The van der Waals surface area contributed by atoms with Gasteiger partial charge in [0.25, 0.3) is 0 Å². The van der Waals surface area contributed by atoms with Crippen molar-refractivity contribution >= 4 is 10.0 Å². The summed E-state index contributed by atoms with van der Waals surface area (Å²) in [6, 6.07) is 0. The van der Waals surface area contributed by atoms with Crippen molar-refractivity contribution in [3.8, 4) is 0 Å². The molecule has 0 saturated heterocycles. The van der Waals surface area contributed by atoms with Gasteiger partial charge >= 0.3 is 0 Å². The molecule has 1 aliphatic rings. The second-order valence-corrected chi connectivity index (χ2v) is 7.62. The minimum absolute atomic E-state index is 0.169. The van der Waals surface area contributed by atoms with Crippen molar-refractivity contribution < 1.29 is 13.5 Å². The van der Waals surface area contributed by atoms with E-state index in [1.807, 2.05) is 0 Å². The molecule has 96 valence electrons. The summed E-state index contributed by atoms with van der Waals surface area (Å²) in [5, 5.41) is 10.2. The Bertz CT molecular complexity index is 324. The van der Waals surface area contributed by atoms with Crippen LogP contribution in [0.4, 0.5) is 0 Å². The number of hydrogen-bond acceptors (Lipinski definition) is 3. The molecule has 5 heteroatoms. The second-order valence-electron chi connectivity index (χ2n) is 5.90. The molecule has 1 fully saturated rings. The zero-order valence-corrected chi connectivity index (χ0v) is 11.2. The molecule has 2 N–H and O–H groups in total. The molecule has 16 heavy (non-hydrogen) atoms. The van der Waals surface area contributed by atoms with Crippen LogP contribution in [0, 0.1) is 0 Å². The van der Waals surface area contributed by atoms with Crippen LogP contribution in [0.25, 0.3) is 0 Å². The zero-order valence-electron chi connectivity index (χ0n) is 10.4. The largest absolute Gasteiger partial charge is 0.389 e. The van der Waals surface area contributed by atoms with Crippen molar-refractivity contribution in [3.63, 3.8) is 0 Å². The molecular formula is C11H23NO3S.